The van der Waals surface area contributed by atoms with Gasteiger partial charge in [-0.2, -0.15) is 14.9 Å². The number of carbonyl (C=O) groups is 1. The van der Waals surface area contributed by atoms with Gasteiger partial charge in [-0.25, -0.2) is 14.6 Å². The standard InChI is InChI=1S/C24H20ClN7O/c1-14-8-9-20(15(2)10-14)31-22-18(12-28-31)23(27-13-26-22)32-21(11-16(3)30-32)29-24(33)17-6-4-5-7-19(17)25/h4-13H,1-3H3,(H,29,33). The summed E-state index contributed by atoms with van der Waals surface area (Å²) < 4.78 is 3.37. The fourth-order valence-corrected chi connectivity index (χ4v) is 4.02. The highest BCUT2D eigenvalue weighted by Crippen LogP contribution is 2.26. The van der Waals surface area contributed by atoms with Gasteiger partial charge in [0.1, 0.15) is 12.1 Å². The van der Waals surface area contributed by atoms with Crippen molar-refractivity contribution in [2.75, 3.05) is 5.32 Å². The van der Waals surface area contributed by atoms with Crippen molar-refractivity contribution in [1.29, 1.82) is 0 Å². The zero-order chi connectivity index (χ0) is 23.1. The summed E-state index contributed by atoms with van der Waals surface area (Å²) in [6, 6.07) is 14.8. The van der Waals surface area contributed by atoms with Gasteiger partial charge in [0.25, 0.3) is 5.91 Å². The van der Waals surface area contributed by atoms with E-state index in [4.69, 9.17) is 11.6 Å². The van der Waals surface area contributed by atoms with Gasteiger partial charge < -0.3 is 5.32 Å². The van der Waals surface area contributed by atoms with Gasteiger partial charge in [-0.05, 0) is 44.5 Å². The van der Waals surface area contributed by atoms with E-state index in [1.165, 1.54) is 11.9 Å². The van der Waals surface area contributed by atoms with Crippen LogP contribution in [0.5, 0.6) is 0 Å². The van der Waals surface area contributed by atoms with E-state index < -0.39 is 0 Å². The lowest BCUT2D eigenvalue weighted by molar-refractivity contribution is 0.102. The smallest absolute Gasteiger partial charge is 0.258 e. The molecule has 0 saturated carbocycles. The Morgan fingerprint density at radius 2 is 1.82 bits per heavy atom. The van der Waals surface area contributed by atoms with Crippen molar-refractivity contribution < 1.29 is 4.79 Å². The Balaban J connectivity index is 1.59. The molecule has 0 bridgehead atoms. The minimum Gasteiger partial charge on any atom is -0.306 e. The average Bonchev–Trinajstić information content (AvgIpc) is 3.37. The molecule has 0 aliphatic heterocycles. The van der Waals surface area contributed by atoms with Crippen molar-refractivity contribution in [3.63, 3.8) is 0 Å². The zero-order valence-corrected chi connectivity index (χ0v) is 19.0. The minimum atomic E-state index is -0.335. The first-order valence-corrected chi connectivity index (χ1v) is 10.7. The highest BCUT2D eigenvalue weighted by atomic mass is 35.5. The Bertz CT molecular complexity index is 1520. The molecule has 8 nitrogen and oxygen atoms in total. The molecule has 1 amide bonds. The summed E-state index contributed by atoms with van der Waals surface area (Å²) in [6.45, 7) is 5.94. The lowest BCUT2D eigenvalue weighted by Gasteiger charge is -2.10. The first-order chi connectivity index (χ1) is 15.9. The molecular formula is C24H20ClN7O. The molecule has 3 heterocycles. The van der Waals surface area contributed by atoms with Crippen LogP contribution < -0.4 is 5.32 Å². The summed E-state index contributed by atoms with van der Waals surface area (Å²) >= 11 is 6.19. The maximum absolute atomic E-state index is 12.9. The second-order valence-corrected chi connectivity index (χ2v) is 8.20. The van der Waals surface area contributed by atoms with Crippen LogP contribution in [0.25, 0.3) is 22.5 Å². The normalized spacial score (nSPS) is 11.2. The molecule has 3 aromatic heterocycles. The number of aromatic nitrogens is 6. The highest BCUT2D eigenvalue weighted by Gasteiger charge is 2.19. The number of nitrogens with zero attached hydrogens (tertiary/aromatic N) is 6. The molecule has 0 atom stereocenters. The second-order valence-electron chi connectivity index (χ2n) is 7.80. The monoisotopic (exact) mass is 457 g/mol. The van der Waals surface area contributed by atoms with Crippen molar-refractivity contribution in [3.05, 3.63) is 88.5 Å². The first kappa shape index (κ1) is 20.8. The van der Waals surface area contributed by atoms with E-state index in [0.717, 1.165) is 16.9 Å². The van der Waals surface area contributed by atoms with E-state index in [2.05, 4.69) is 38.5 Å². The Morgan fingerprint density at radius 1 is 1.00 bits per heavy atom. The third kappa shape index (κ3) is 3.74. The minimum absolute atomic E-state index is 0.335. The lowest BCUT2D eigenvalue weighted by Crippen LogP contribution is -2.16. The van der Waals surface area contributed by atoms with Crippen LogP contribution in [0.1, 0.15) is 27.2 Å². The average molecular weight is 458 g/mol. The number of amides is 1. The molecule has 33 heavy (non-hydrogen) atoms. The molecule has 9 heteroatoms. The van der Waals surface area contributed by atoms with Crippen molar-refractivity contribution >= 4 is 34.4 Å². The van der Waals surface area contributed by atoms with Gasteiger partial charge in [0, 0.05) is 6.07 Å². The molecule has 5 aromatic rings. The van der Waals surface area contributed by atoms with Crippen molar-refractivity contribution in [2.45, 2.75) is 20.8 Å². The topological polar surface area (TPSA) is 90.5 Å². The van der Waals surface area contributed by atoms with Gasteiger partial charge in [-0.1, -0.05) is 41.4 Å². The number of hydrogen-bond acceptors (Lipinski definition) is 5. The Morgan fingerprint density at radius 3 is 2.61 bits per heavy atom. The summed E-state index contributed by atoms with van der Waals surface area (Å²) in [7, 11) is 0. The number of rotatable bonds is 4. The SMILES string of the molecule is Cc1ccc(-n2ncc3c(-n4nc(C)cc4NC(=O)c4ccccc4Cl)ncnc32)c(C)c1. The molecule has 164 valence electrons. The van der Waals surface area contributed by atoms with Crippen LogP contribution in [0, 0.1) is 20.8 Å². The highest BCUT2D eigenvalue weighted by molar-refractivity contribution is 6.34. The number of nitrogens with one attached hydrogen (secondary N) is 1. The van der Waals surface area contributed by atoms with E-state index in [1.807, 2.05) is 26.0 Å². The Kier molecular flexibility index (Phi) is 5.14. The number of anilines is 1. The van der Waals surface area contributed by atoms with E-state index in [9.17, 15) is 4.79 Å². The molecule has 0 spiro atoms. The van der Waals surface area contributed by atoms with E-state index >= 15 is 0 Å². The summed E-state index contributed by atoms with van der Waals surface area (Å²) in [5.41, 5.74) is 4.93. The lowest BCUT2D eigenvalue weighted by atomic mass is 10.1. The number of hydrogen-bond donors (Lipinski definition) is 1. The van der Waals surface area contributed by atoms with Crippen molar-refractivity contribution in [1.82, 2.24) is 29.5 Å². The molecule has 5 rings (SSSR count). The van der Waals surface area contributed by atoms with Crippen LogP contribution in [0.4, 0.5) is 5.82 Å². The van der Waals surface area contributed by atoms with Gasteiger partial charge in [-0.15, -0.1) is 0 Å². The number of fused-ring (bicyclic) bond motifs is 1. The van der Waals surface area contributed by atoms with E-state index in [1.54, 1.807) is 45.9 Å². The Labute approximate surface area is 194 Å². The third-order valence-corrected chi connectivity index (χ3v) is 5.65. The summed E-state index contributed by atoms with van der Waals surface area (Å²) in [5.74, 6) is 0.647. The molecule has 0 radical (unpaired) electrons. The maximum atomic E-state index is 12.9. The number of benzene rings is 2. The fourth-order valence-electron chi connectivity index (χ4n) is 3.80. The fraction of sp³-hybridized carbons (Fsp3) is 0.125. The van der Waals surface area contributed by atoms with E-state index in [0.29, 0.717) is 33.3 Å². The largest absolute Gasteiger partial charge is 0.306 e. The predicted octanol–water partition coefficient (Wildman–Crippen LogP) is 4.83. The third-order valence-electron chi connectivity index (χ3n) is 5.32. The van der Waals surface area contributed by atoms with Crippen molar-refractivity contribution in [2.24, 2.45) is 0 Å². The number of aryl methyl sites for hydroxylation is 3. The predicted molar refractivity (Wildman–Crippen MR) is 127 cm³/mol. The molecule has 1 N–H and O–H groups in total. The molecule has 0 aliphatic rings. The summed E-state index contributed by atoms with van der Waals surface area (Å²) in [4.78, 5) is 21.8. The van der Waals surface area contributed by atoms with Gasteiger partial charge in [0.2, 0.25) is 0 Å². The van der Waals surface area contributed by atoms with Crippen LogP contribution in [-0.4, -0.2) is 35.4 Å². The quantitative estimate of drug-likeness (QED) is 0.417. The van der Waals surface area contributed by atoms with Gasteiger partial charge in [0.05, 0.1) is 33.6 Å². The van der Waals surface area contributed by atoms with Gasteiger partial charge in [-0.3, -0.25) is 4.79 Å². The second kappa shape index (κ2) is 8.14. The van der Waals surface area contributed by atoms with Crippen LogP contribution in [-0.2, 0) is 0 Å². The van der Waals surface area contributed by atoms with Gasteiger partial charge in [0.15, 0.2) is 11.5 Å². The van der Waals surface area contributed by atoms with Crippen LogP contribution in [0.3, 0.4) is 0 Å². The summed E-state index contributed by atoms with van der Waals surface area (Å²) in [6.07, 6.45) is 3.18. The first-order valence-electron chi connectivity index (χ1n) is 10.3. The number of halogens is 1. The molecule has 2 aromatic carbocycles. The van der Waals surface area contributed by atoms with Gasteiger partial charge >= 0.3 is 0 Å². The van der Waals surface area contributed by atoms with Crippen molar-refractivity contribution in [3.8, 4) is 11.5 Å². The molecule has 0 aliphatic carbocycles. The summed E-state index contributed by atoms with van der Waals surface area (Å²) in [5, 5.41) is 13.1. The molecule has 0 saturated heterocycles. The Hall–Kier alpha value is -4.04. The number of carbonyl (C=O) groups excluding carboxylic acids is 1. The van der Waals surface area contributed by atoms with Crippen LogP contribution in [0.15, 0.2) is 61.1 Å². The molecule has 0 fully saturated rings. The molecule has 0 unspecified atom stereocenters. The van der Waals surface area contributed by atoms with Crippen LogP contribution in [0.2, 0.25) is 5.02 Å². The van der Waals surface area contributed by atoms with Crippen LogP contribution >= 0.6 is 11.6 Å². The zero-order valence-electron chi connectivity index (χ0n) is 18.2. The molecular weight excluding hydrogens is 438 g/mol. The maximum Gasteiger partial charge on any atom is 0.258 e. The van der Waals surface area contributed by atoms with E-state index in [-0.39, 0.29) is 5.91 Å².